The number of hydrogen-bond acceptors (Lipinski definition) is 3. The van der Waals surface area contributed by atoms with E-state index in [0.717, 1.165) is 24.6 Å². The SMILES string of the molecule is CNC(=S)N(CCN(C)C)c1cc(C)cc(C)n1. The topological polar surface area (TPSA) is 31.4 Å². The number of aromatic nitrogens is 1. The third kappa shape index (κ3) is 4.23. The van der Waals surface area contributed by atoms with Gasteiger partial charge in [-0.3, -0.25) is 0 Å². The van der Waals surface area contributed by atoms with E-state index in [0.29, 0.717) is 5.11 Å². The predicted octanol–water partition coefficient (Wildman–Crippen LogP) is 1.57. The van der Waals surface area contributed by atoms with E-state index in [1.165, 1.54) is 5.56 Å². The normalized spacial score (nSPS) is 10.6. The van der Waals surface area contributed by atoms with E-state index < -0.39 is 0 Å². The van der Waals surface area contributed by atoms with E-state index in [4.69, 9.17) is 12.2 Å². The lowest BCUT2D eigenvalue weighted by Gasteiger charge is -2.26. The van der Waals surface area contributed by atoms with Crippen molar-refractivity contribution in [2.75, 3.05) is 39.1 Å². The van der Waals surface area contributed by atoms with Gasteiger partial charge in [0.05, 0.1) is 0 Å². The van der Waals surface area contributed by atoms with Gasteiger partial charge in [0.15, 0.2) is 5.11 Å². The van der Waals surface area contributed by atoms with Crippen LogP contribution in [0.1, 0.15) is 11.3 Å². The number of nitrogens with one attached hydrogen (secondary N) is 1. The molecule has 100 valence electrons. The molecule has 1 N–H and O–H groups in total. The number of anilines is 1. The Morgan fingerprint density at radius 1 is 1.28 bits per heavy atom. The fourth-order valence-electron chi connectivity index (χ4n) is 1.71. The van der Waals surface area contributed by atoms with Gasteiger partial charge in [0.2, 0.25) is 0 Å². The summed E-state index contributed by atoms with van der Waals surface area (Å²) >= 11 is 5.35. The van der Waals surface area contributed by atoms with Gasteiger partial charge in [0, 0.05) is 25.8 Å². The van der Waals surface area contributed by atoms with E-state index in [-0.39, 0.29) is 0 Å². The third-order valence-electron chi connectivity index (χ3n) is 2.59. The van der Waals surface area contributed by atoms with E-state index in [1.807, 2.05) is 18.9 Å². The summed E-state index contributed by atoms with van der Waals surface area (Å²) in [5.74, 6) is 0.911. The van der Waals surface area contributed by atoms with Gasteiger partial charge in [0.25, 0.3) is 0 Å². The molecule has 0 aromatic carbocycles. The Morgan fingerprint density at radius 2 is 1.94 bits per heavy atom. The van der Waals surface area contributed by atoms with Crippen LogP contribution in [-0.4, -0.2) is 49.2 Å². The highest BCUT2D eigenvalue weighted by Crippen LogP contribution is 2.14. The van der Waals surface area contributed by atoms with E-state index >= 15 is 0 Å². The Labute approximate surface area is 115 Å². The molecule has 0 fully saturated rings. The van der Waals surface area contributed by atoms with Crippen LogP contribution < -0.4 is 10.2 Å². The van der Waals surface area contributed by atoms with Gasteiger partial charge in [-0.25, -0.2) is 4.98 Å². The van der Waals surface area contributed by atoms with Gasteiger partial charge in [-0.05, 0) is 57.9 Å². The molecule has 0 radical (unpaired) electrons. The second-order valence-corrected chi connectivity index (χ2v) is 5.04. The molecule has 0 aliphatic heterocycles. The van der Waals surface area contributed by atoms with Gasteiger partial charge in [-0.2, -0.15) is 0 Å². The van der Waals surface area contributed by atoms with Crippen molar-refractivity contribution in [2.24, 2.45) is 0 Å². The Balaban J connectivity index is 2.97. The van der Waals surface area contributed by atoms with E-state index in [1.54, 1.807) is 0 Å². The maximum absolute atomic E-state index is 5.35. The van der Waals surface area contributed by atoms with Crippen molar-refractivity contribution in [3.05, 3.63) is 23.4 Å². The van der Waals surface area contributed by atoms with Crippen LogP contribution >= 0.6 is 12.2 Å². The van der Waals surface area contributed by atoms with Crippen LogP contribution in [-0.2, 0) is 0 Å². The molecule has 0 bridgehead atoms. The molecule has 18 heavy (non-hydrogen) atoms. The van der Waals surface area contributed by atoms with Crippen molar-refractivity contribution in [1.82, 2.24) is 15.2 Å². The second kappa shape index (κ2) is 6.66. The Bertz CT molecular complexity index is 397. The van der Waals surface area contributed by atoms with E-state index in [2.05, 4.69) is 48.4 Å². The first-order valence-electron chi connectivity index (χ1n) is 6.03. The molecule has 0 unspecified atom stereocenters. The minimum Gasteiger partial charge on any atom is -0.365 e. The average Bonchev–Trinajstić information content (AvgIpc) is 2.27. The lowest BCUT2D eigenvalue weighted by Crippen LogP contribution is -2.42. The zero-order chi connectivity index (χ0) is 13.7. The molecule has 0 saturated carbocycles. The fraction of sp³-hybridized carbons (Fsp3) is 0.538. The van der Waals surface area contributed by atoms with Crippen molar-refractivity contribution in [1.29, 1.82) is 0 Å². The summed E-state index contributed by atoms with van der Waals surface area (Å²) in [4.78, 5) is 8.73. The Morgan fingerprint density at radius 3 is 2.44 bits per heavy atom. The number of pyridine rings is 1. The molecule has 0 atom stereocenters. The van der Waals surface area contributed by atoms with Crippen LogP contribution in [0.3, 0.4) is 0 Å². The average molecular weight is 266 g/mol. The van der Waals surface area contributed by atoms with Gasteiger partial charge in [0.1, 0.15) is 5.82 Å². The quantitative estimate of drug-likeness (QED) is 0.836. The number of rotatable bonds is 4. The van der Waals surface area contributed by atoms with Gasteiger partial charge >= 0.3 is 0 Å². The fourth-order valence-corrected chi connectivity index (χ4v) is 1.90. The molecule has 0 aliphatic rings. The molecule has 5 heteroatoms. The van der Waals surface area contributed by atoms with Crippen LogP contribution in [0.4, 0.5) is 5.82 Å². The summed E-state index contributed by atoms with van der Waals surface area (Å²) in [7, 11) is 5.94. The number of thiocarbonyl (C=S) groups is 1. The first kappa shape index (κ1) is 14.9. The summed E-state index contributed by atoms with van der Waals surface area (Å²) in [6, 6.07) is 4.13. The maximum atomic E-state index is 5.35. The lowest BCUT2D eigenvalue weighted by molar-refractivity contribution is 0.419. The van der Waals surface area contributed by atoms with Crippen LogP contribution in [0.5, 0.6) is 0 Å². The molecular formula is C13H22N4S. The van der Waals surface area contributed by atoms with Gasteiger partial charge in [-0.1, -0.05) is 0 Å². The molecule has 1 heterocycles. The molecule has 1 rings (SSSR count). The van der Waals surface area contributed by atoms with E-state index in [9.17, 15) is 0 Å². The summed E-state index contributed by atoms with van der Waals surface area (Å²) < 4.78 is 0. The summed E-state index contributed by atoms with van der Waals surface area (Å²) in [6.45, 7) is 5.83. The lowest BCUT2D eigenvalue weighted by atomic mass is 10.2. The van der Waals surface area contributed by atoms with Crippen molar-refractivity contribution >= 4 is 23.1 Å². The third-order valence-corrected chi connectivity index (χ3v) is 3.02. The summed E-state index contributed by atoms with van der Waals surface area (Å²) in [6.07, 6.45) is 0. The summed E-state index contributed by atoms with van der Waals surface area (Å²) in [5.41, 5.74) is 2.21. The van der Waals surface area contributed by atoms with Crippen molar-refractivity contribution in [3.63, 3.8) is 0 Å². The predicted molar refractivity (Wildman–Crippen MR) is 81.3 cm³/mol. The molecule has 4 nitrogen and oxygen atoms in total. The Hall–Kier alpha value is -1.20. The molecule has 0 spiro atoms. The maximum Gasteiger partial charge on any atom is 0.174 e. The minimum atomic E-state index is 0.703. The monoisotopic (exact) mass is 266 g/mol. The molecular weight excluding hydrogens is 244 g/mol. The van der Waals surface area contributed by atoms with Crippen LogP contribution in [0, 0.1) is 13.8 Å². The largest absolute Gasteiger partial charge is 0.365 e. The second-order valence-electron chi connectivity index (χ2n) is 4.65. The highest BCUT2D eigenvalue weighted by molar-refractivity contribution is 7.80. The molecule has 0 amide bonds. The van der Waals surface area contributed by atoms with Crippen LogP contribution in [0.15, 0.2) is 12.1 Å². The van der Waals surface area contributed by atoms with Crippen LogP contribution in [0.25, 0.3) is 0 Å². The first-order valence-corrected chi connectivity index (χ1v) is 6.44. The Kier molecular flexibility index (Phi) is 5.50. The minimum absolute atomic E-state index is 0.703. The highest BCUT2D eigenvalue weighted by Gasteiger charge is 2.13. The summed E-state index contributed by atoms with van der Waals surface area (Å²) in [5, 5.41) is 3.73. The molecule has 0 saturated heterocycles. The van der Waals surface area contributed by atoms with Gasteiger partial charge < -0.3 is 15.1 Å². The zero-order valence-electron chi connectivity index (χ0n) is 11.8. The molecule has 1 aromatic rings. The zero-order valence-corrected chi connectivity index (χ0v) is 12.6. The van der Waals surface area contributed by atoms with Gasteiger partial charge in [-0.15, -0.1) is 0 Å². The number of hydrogen-bond donors (Lipinski definition) is 1. The van der Waals surface area contributed by atoms with Crippen LogP contribution in [0.2, 0.25) is 0 Å². The number of likely N-dealkylation sites (N-methyl/N-ethyl adjacent to an activating group) is 1. The highest BCUT2D eigenvalue weighted by atomic mass is 32.1. The molecule has 0 aliphatic carbocycles. The first-order chi connectivity index (χ1) is 8.43. The van der Waals surface area contributed by atoms with Crippen molar-refractivity contribution in [2.45, 2.75) is 13.8 Å². The standard InChI is InChI=1S/C13H22N4S/c1-10-8-11(2)15-12(9-10)17(13(18)14-3)7-6-16(4)5/h8-9H,6-7H2,1-5H3,(H,14,18). The smallest absolute Gasteiger partial charge is 0.174 e. The van der Waals surface area contributed by atoms with Crippen molar-refractivity contribution in [3.8, 4) is 0 Å². The van der Waals surface area contributed by atoms with Crippen molar-refractivity contribution < 1.29 is 0 Å². The number of nitrogens with zero attached hydrogens (tertiary/aromatic N) is 3. The number of aryl methyl sites for hydroxylation is 2. The molecule has 1 aromatic heterocycles.